The highest BCUT2D eigenvalue weighted by Crippen LogP contribution is 2.20. The molecule has 1 amide bonds. The minimum Gasteiger partial charge on any atom is -0.497 e. The molecule has 2 aromatic rings. The average molecular weight is 441 g/mol. The number of nitrogens with one attached hydrogen (secondary N) is 1. The molecule has 26 heavy (non-hydrogen) atoms. The van der Waals surface area contributed by atoms with Crippen LogP contribution in [-0.2, 0) is 21.2 Å². The van der Waals surface area contributed by atoms with Gasteiger partial charge in [0.05, 0.1) is 19.1 Å². The minimum atomic E-state index is -3.57. The molecule has 8 heteroatoms. The number of ether oxygens (including phenoxy) is 1. The van der Waals surface area contributed by atoms with Gasteiger partial charge in [-0.3, -0.25) is 9.10 Å². The largest absolute Gasteiger partial charge is 0.497 e. The zero-order valence-corrected chi connectivity index (χ0v) is 17.0. The number of hydrogen-bond donors (Lipinski definition) is 1. The SMILES string of the molecule is COc1ccc(CCNC(=O)CN(c2ccc(Br)cc2)S(C)(=O)=O)cc1. The molecule has 0 unspecified atom stereocenters. The van der Waals surface area contributed by atoms with Crippen molar-refractivity contribution in [2.24, 2.45) is 0 Å². The van der Waals surface area contributed by atoms with Crippen LogP contribution in [0.15, 0.2) is 53.0 Å². The minimum absolute atomic E-state index is 0.261. The predicted octanol–water partition coefficient (Wildman–Crippen LogP) is 2.58. The van der Waals surface area contributed by atoms with Crippen LogP contribution in [0.2, 0.25) is 0 Å². The molecule has 0 aliphatic rings. The number of halogens is 1. The van der Waals surface area contributed by atoms with E-state index in [1.54, 1.807) is 31.4 Å². The van der Waals surface area contributed by atoms with Gasteiger partial charge in [-0.25, -0.2) is 8.42 Å². The highest BCUT2D eigenvalue weighted by atomic mass is 79.9. The van der Waals surface area contributed by atoms with E-state index in [0.29, 0.717) is 18.7 Å². The first-order valence-corrected chi connectivity index (χ1v) is 10.6. The first kappa shape index (κ1) is 20.3. The van der Waals surface area contributed by atoms with E-state index in [4.69, 9.17) is 4.74 Å². The second kappa shape index (κ2) is 9.05. The van der Waals surface area contributed by atoms with Gasteiger partial charge in [-0.15, -0.1) is 0 Å². The molecule has 0 atom stereocenters. The Bertz CT molecular complexity index is 836. The van der Waals surface area contributed by atoms with Gasteiger partial charge in [-0.05, 0) is 48.4 Å². The lowest BCUT2D eigenvalue weighted by molar-refractivity contribution is -0.119. The summed E-state index contributed by atoms with van der Waals surface area (Å²) in [5, 5.41) is 2.76. The number of methoxy groups -OCH3 is 1. The van der Waals surface area contributed by atoms with Gasteiger partial charge < -0.3 is 10.1 Å². The summed E-state index contributed by atoms with van der Waals surface area (Å²) in [5.41, 5.74) is 1.50. The maximum atomic E-state index is 12.2. The second-order valence-corrected chi connectivity index (χ2v) is 8.52. The number of hydrogen-bond acceptors (Lipinski definition) is 4. The van der Waals surface area contributed by atoms with Crippen molar-refractivity contribution in [2.45, 2.75) is 6.42 Å². The molecule has 0 heterocycles. The molecule has 0 spiro atoms. The number of benzene rings is 2. The summed E-state index contributed by atoms with van der Waals surface area (Å²) in [4.78, 5) is 12.2. The van der Waals surface area contributed by atoms with Crippen molar-refractivity contribution in [3.05, 3.63) is 58.6 Å². The molecular formula is C18H21BrN2O4S. The smallest absolute Gasteiger partial charge is 0.240 e. The third kappa shape index (κ3) is 6.03. The number of rotatable bonds is 8. The third-order valence-corrected chi connectivity index (χ3v) is 5.37. The van der Waals surface area contributed by atoms with Crippen molar-refractivity contribution in [1.82, 2.24) is 5.32 Å². The Morgan fingerprint density at radius 3 is 2.27 bits per heavy atom. The Labute approximate surface area is 162 Å². The lowest BCUT2D eigenvalue weighted by Gasteiger charge is -2.22. The van der Waals surface area contributed by atoms with Gasteiger partial charge in [0.1, 0.15) is 12.3 Å². The van der Waals surface area contributed by atoms with E-state index in [1.165, 1.54) is 0 Å². The average Bonchev–Trinajstić information content (AvgIpc) is 2.60. The molecular weight excluding hydrogens is 420 g/mol. The highest BCUT2D eigenvalue weighted by molar-refractivity contribution is 9.10. The van der Waals surface area contributed by atoms with E-state index >= 15 is 0 Å². The number of anilines is 1. The lowest BCUT2D eigenvalue weighted by Crippen LogP contribution is -2.40. The van der Waals surface area contributed by atoms with Crippen LogP contribution in [0, 0.1) is 0 Å². The van der Waals surface area contributed by atoms with E-state index in [2.05, 4.69) is 21.2 Å². The molecule has 0 aliphatic heterocycles. The number of carbonyl (C=O) groups excluding carboxylic acids is 1. The summed E-state index contributed by atoms with van der Waals surface area (Å²) in [5.74, 6) is 0.419. The number of carbonyl (C=O) groups is 1. The van der Waals surface area contributed by atoms with Crippen molar-refractivity contribution < 1.29 is 17.9 Å². The van der Waals surface area contributed by atoms with Crippen LogP contribution in [0.3, 0.4) is 0 Å². The number of amides is 1. The van der Waals surface area contributed by atoms with Crippen LogP contribution in [0.5, 0.6) is 5.75 Å². The Morgan fingerprint density at radius 1 is 1.12 bits per heavy atom. The van der Waals surface area contributed by atoms with Gasteiger partial charge in [-0.1, -0.05) is 28.1 Å². The van der Waals surface area contributed by atoms with Crippen LogP contribution < -0.4 is 14.4 Å². The van der Waals surface area contributed by atoms with Crippen LogP contribution in [-0.4, -0.2) is 40.8 Å². The number of sulfonamides is 1. The summed E-state index contributed by atoms with van der Waals surface area (Å²) in [6, 6.07) is 14.3. The van der Waals surface area contributed by atoms with Gasteiger partial charge in [-0.2, -0.15) is 0 Å². The second-order valence-electron chi connectivity index (χ2n) is 5.69. The Kier molecular flexibility index (Phi) is 7.05. The molecule has 6 nitrogen and oxygen atoms in total. The third-order valence-electron chi connectivity index (χ3n) is 3.70. The monoisotopic (exact) mass is 440 g/mol. The zero-order valence-electron chi connectivity index (χ0n) is 14.6. The van der Waals surface area contributed by atoms with Crippen molar-refractivity contribution in [1.29, 1.82) is 0 Å². The molecule has 140 valence electrons. The normalized spacial score (nSPS) is 11.0. The van der Waals surface area contributed by atoms with Gasteiger partial charge in [0.15, 0.2) is 0 Å². The molecule has 0 aromatic heterocycles. The summed E-state index contributed by atoms with van der Waals surface area (Å²) in [7, 11) is -1.96. The molecule has 0 saturated heterocycles. The molecule has 2 rings (SSSR count). The van der Waals surface area contributed by atoms with Crippen molar-refractivity contribution >= 4 is 37.5 Å². The quantitative estimate of drug-likeness (QED) is 0.684. The van der Waals surface area contributed by atoms with Crippen LogP contribution in [0.1, 0.15) is 5.56 Å². The molecule has 0 saturated carbocycles. The van der Waals surface area contributed by atoms with E-state index < -0.39 is 10.0 Å². The molecule has 1 N–H and O–H groups in total. The Hall–Kier alpha value is -2.06. The maximum absolute atomic E-state index is 12.2. The predicted molar refractivity (Wildman–Crippen MR) is 106 cm³/mol. The molecule has 0 bridgehead atoms. The lowest BCUT2D eigenvalue weighted by atomic mass is 10.1. The topological polar surface area (TPSA) is 75.7 Å². The van der Waals surface area contributed by atoms with Crippen LogP contribution >= 0.6 is 15.9 Å². The summed E-state index contributed by atoms with van der Waals surface area (Å²) in [6.45, 7) is 0.159. The van der Waals surface area contributed by atoms with E-state index in [1.807, 2.05) is 24.3 Å². The highest BCUT2D eigenvalue weighted by Gasteiger charge is 2.20. The molecule has 2 aromatic carbocycles. The van der Waals surface area contributed by atoms with Gasteiger partial charge in [0.25, 0.3) is 0 Å². The summed E-state index contributed by atoms with van der Waals surface area (Å²) < 4.78 is 31.1. The summed E-state index contributed by atoms with van der Waals surface area (Å²) >= 11 is 3.31. The molecule has 0 fully saturated rings. The standard InChI is InChI=1S/C18H21BrN2O4S/c1-25-17-9-3-14(4-10-17)11-12-20-18(22)13-21(26(2,23)24)16-7-5-15(19)6-8-16/h3-10H,11-13H2,1-2H3,(H,20,22). The van der Waals surface area contributed by atoms with Crippen LogP contribution in [0.4, 0.5) is 5.69 Å². The van der Waals surface area contributed by atoms with E-state index in [-0.39, 0.29) is 12.5 Å². The zero-order chi connectivity index (χ0) is 19.2. The van der Waals surface area contributed by atoms with E-state index in [9.17, 15) is 13.2 Å². The van der Waals surface area contributed by atoms with Crippen molar-refractivity contribution in [3.8, 4) is 5.75 Å². The summed E-state index contributed by atoms with van der Waals surface area (Å²) in [6.07, 6.45) is 1.73. The van der Waals surface area contributed by atoms with Gasteiger partial charge in [0.2, 0.25) is 15.9 Å². The first-order valence-electron chi connectivity index (χ1n) is 7.92. The molecule has 0 radical (unpaired) electrons. The number of nitrogens with zero attached hydrogens (tertiary/aromatic N) is 1. The molecule has 0 aliphatic carbocycles. The fraction of sp³-hybridized carbons (Fsp3) is 0.278. The van der Waals surface area contributed by atoms with E-state index in [0.717, 1.165) is 26.3 Å². The van der Waals surface area contributed by atoms with Crippen molar-refractivity contribution in [2.75, 3.05) is 30.8 Å². The fourth-order valence-corrected chi connectivity index (χ4v) is 3.45. The van der Waals surface area contributed by atoms with Crippen molar-refractivity contribution in [3.63, 3.8) is 0 Å². The Balaban J connectivity index is 1.93. The Morgan fingerprint density at radius 2 is 1.73 bits per heavy atom. The maximum Gasteiger partial charge on any atom is 0.240 e. The van der Waals surface area contributed by atoms with Gasteiger partial charge in [0, 0.05) is 11.0 Å². The van der Waals surface area contributed by atoms with Crippen LogP contribution in [0.25, 0.3) is 0 Å². The first-order chi connectivity index (χ1) is 12.3. The van der Waals surface area contributed by atoms with Gasteiger partial charge >= 0.3 is 0 Å². The fourth-order valence-electron chi connectivity index (χ4n) is 2.33.